The van der Waals surface area contributed by atoms with Gasteiger partial charge in [-0.05, 0) is 48.4 Å². The smallest absolute Gasteiger partial charge is 0.250 e. The van der Waals surface area contributed by atoms with Crippen LogP contribution in [0, 0.1) is 0 Å². The summed E-state index contributed by atoms with van der Waals surface area (Å²) in [5.41, 5.74) is 3.10. The highest BCUT2D eigenvalue weighted by molar-refractivity contribution is 7.90. The summed E-state index contributed by atoms with van der Waals surface area (Å²) >= 11 is 6.37. The first-order valence-electron chi connectivity index (χ1n) is 13.3. The zero-order valence-electron chi connectivity index (χ0n) is 23.8. The number of nitrogens with zero attached hydrogens (tertiary/aromatic N) is 5. The van der Waals surface area contributed by atoms with Crippen LogP contribution in [-0.2, 0) is 22.9 Å². The number of benzene rings is 2. The third-order valence-corrected chi connectivity index (χ3v) is 8.17. The summed E-state index contributed by atoms with van der Waals surface area (Å²) in [5, 5.41) is -0.384. The molecule has 0 unspecified atom stereocenters. The molecule has 220 valence electrons. The molecule has 1 aliphatic rings. The first kappa shape index (κ1) is 29.4. The van der Waals surface area contributed by atoms with E-state index in [1.807, 2.05) is 72.5 Å². The Kier molecular flexibility index (Phi) is 8.69. The molecule has 3 heterocycles. The molecule has 0 N–H and O–H groups in total. The van der Waals surface area contributed by atoms with Gasteiger partial charge in [-0.15, -0.1) is 0 Å². The normalized spacial score (nSPS) is 13.6. The fourth-order valence-electron chi connectivity index (χ4n) is 4.88. The van der Waals surface area contributed by atoms with E-state index in [4.69, 9.17) is 30.8 Å². The molecule has 42 heavy (non-hydrogen) atoms. The van der Waals surface area contributed by atoms with Crippen LogP contribution < -0.4 is 24.0 Å². The summed E-state index contributed by atoms with van der Waals surface area (Å²) in [4.78, 5) is 17.4. The minimum absolute atomic E-state index is 0.0376. The third kappa shape index (κ3) is 6.37. The van der Waals surface area contributed by atoms with Gasteiger partial charge in [0.25, 0.3) is 0 Å². The Balaban J connectivity index is 1.55. The first-order chi connectivity index (χ1) is 20.2. The van der Waals surface area contributed by atoms with Crippen LogP contribution in [0.1, 0.15) is 29.7 Å². The van der Waals surface area contributed by atoms with Crippen LogP contribution in [0.4, 0.5) is 11.6 Å². The Morgan fingerprint density at radius 3 is 2.12 bits per heavy atom. The Morgan fingerprint density at radius 1 is 0.976 bits per heavy atom. The van der Waals surface area contributed by atoms with E-state index >= 15 is 0 Å². The van der Waals surface area contributed by atoms with E-state index in [1.165, 1.54) is 0 Å². The highest BCUT2D eigenvalue weighted by Crippen LogP contribution is 2.41. The van der Waals surface area contributed by atoms with E-state index in [1.54, 1.807) is 20.4 Å². The lowest BCUT2D eigenvalue weighted by Gasteiger charge is -2.37. The highest BCUT2D eigenvalue weighted by atomic mass is 35.5. The van der Waals surface area contributed by atoms with Crippen molar-refractivity contribution in [2.24, 2.45) is 0 Å². The quantitative estimate of drug-likeness (QED) is 0.178. The van der Waals surface area contributed by atoms with Crippen molar-refractivity contribution in [3.05, 3.63) is 88.7 Å². The molecule has 0 saturated carbocycles. The van der Waals surface area contributed by atoms with Crippen LogP contribution in [0.2, 0.25) is 5.15 Å². The second kappa shape index (κ2) is 12.4. The molecule has 0 fully saturated rings. The molecule has 10 nitrogen and oxygen atoms in total. The standard InChI is InChI=1S/C30H32ClN5O5S/c1-20(36-16-17-41-26-27(31)33-30(34-29(26)36)42(4,37)38)25-6-5-15-32-28(25)35(18-21-7-11-23(39-2)12-8-21)19-22-9-13-24(40-3)14-10-22/h5-15,20H,16-19H2,1-4H3/t20-/m1/s1. The second-order valence-corrected chi connectivity index (χ2v) is 12.2. The topological polar surface area (TPSA) is 107 Å². The molecule has 0 bridgehead atoms. The maximum Gasteiger partial charge on any atom is 0.250 e. The molecule has 12 heteroatoms. The number of hydrogen-bond donors (Lipinski definition) is 0. The van der Waals surface area contributed by atoms with E-state index < -0.39 is 9.84 Å². The largest absolute Gasteiger partial charge is 0.497 e. The Morgan fingerprint density at radius 2 is 1.57 bits per heavy atom. The van der Waals surface area contributed by atoms with Crippen molar-refractivity contribution < 1.29 is 22.6 Å². The van der Waals surface area contributed by atoms with E-state index in [0.717, 1.165) is 40.3 Å². The number of fused-ring (bicyclic) bond motifs is 1. The average Bonchev–Trinajstić information content (AvgIpc) is 3.00. The summed E-state index contributed by atoms with van der Waals surface area (Å²) < 4.78 is 41.1. The summed E-state index contributed by atoms with van der Waals surface area (Å²) in [6.45, 7) is 4.01. The molecule has 4 aromatic rings. The number of ether oxygens (including phenoxy) is 3. The molecular weight excluding hydrogens is 578 g/mol. The lowest BCUT2D eigenvalue weighted by Crippen LogP contribution is -2.37. The lowest BCUT2D eigenvalue weighted by atomic mass is 10.1. The van der Waals surface area contributed by atoms with Crippen molar-refractivity contribution in [3.8, 4) is 17.2 Å². The van der Waals surface area contributed by atoms with E-state index in [0.29, 0.717) is 32.1 Å². The van der Waals surface area contributed by atoms with Gasteiger partial charge in [0, 0.05) is 31.1 Å². The molecular formula is C30H32ClN5O5S. The van der Waals surface area contributed by atoms with Gasteiger partial charge in [0.05, 0.1) is 26.8 Å². The van der Waals surface area contributed by atoms with Crippen molar-refractivity contribution in [2.75, 3.05) is 43.4 Å². The molecule has 0 amide bonds. The number of anilines is 2. The predicted octanol–water partition coefficient (Wildman–Crippen LogP) is 5.11. The zero-order chi connectivity index (χ0) is 29.9. The van der Waals surface area contributed by atoms with Gasteiger partial charge in [-0.2, -0.15) is 4.98 Å². The van der Waals surface area contributed by atoms with Crippen molar-refractivity contribution >= 4 is 33.1 Å². The Hall–Kier alpha value is -4.09. The molecule has 1 atom stereocenters. The number of halogens is 1. The van der Waals surface area contributed by atoms with Gasteiger partial charge in [0.2, 0.25) is 15.0 Å². The van der Waals surface area contributed by atoms with E-state index in [-0.39, 0.29) is 22.1 Å². The van der Waals surface area contributed by atoms with Crippen LogP contribution in [0.5, 0.6) is 17.2 Å². The van der Waals surface area contributed by atoms with Gasteiger partial charge in [-0.3, -0.25) is 0 Å². The fraction of sp³-hybridized carbons (Fsp3) is 0.300. The molecule has 1 aliphatic heterocycles. The third-order valence-electron chi connectivity index (χ3n) is 7.07. The average molecular weight is 610 g/mol. The van der Waals surface area contributed by atoms with Crippen molar-refractivity contribution in [1.29, 1.82) is 0 Å². The van der Waals surface area contributed by atoms with Gasteiger partial charge in [0.15, 0.2) is 16.7 Å². The van der Waals surface area contributed by atoms with Crippen LogP contribution in [0.3, 0.4) is 0 Å². The molecule has 5 rings (SSSR count). The van der Waals surface area contributed by atoms with Crippen molar-refractivity contribution in [2.45, 2.75) is 31.2 Å². The summed E-state index contributed by atoms with van der Waals surface area (Å²) in [6.07, 6.45) is 2.83. The van der Waals surface area contributed by atoms with Gasteiger partial charge in [0.1, 0.15) is 23.9 Å². The molecule has 2 aromatic carbocycles. The zero-order valence-corrected chi connectivity index (χ0v) is 25.4. The Labute approximate surface area is 250 Å². The van der Waals surface area contributed by atoms with Crippen LogP contribution >= 0.6 is 11.6 Å². The molecule has 0 spiro atoms. The fourth-order valence-corrected chi connectivity index (χ4v) is 5.66. The van der Waals surface area contributed by atoms with Crippen LogP contribution in [0.25, 0.3) is 0 Å². The Bertz CT molecular complexity index is 1600. The van der Waals surface area contributed by atoms with Crippen molar-refractivity contribution in [3.63, 3.8) is 0 Å². The number of methoxy groups -OCH3 is 2. The maximum atomic E-state index is 12.3. The summed E-state index contributed by atoms with van der Waals surface area (Å²) in [7, 11) is -0.409. The second-order valence-electron chi connectivity index (χ2n) is 9.91. The highest BCUT2D eigenvalue weighted by Gasteiger charge is 2.32. The van der Waals surface area contributed by atoms with E-state index in [2.05, 4.69) is 14.9 Å². The summed E-state index contributed by atoms with van der Waals surface area (Å²) in [5.74, 6) is 2.95. The predicted molar refractivity (Wildman–Crippen MR) is 162 cm³/mol. The van der Waals surface area contributed by atoms with Gasteiger partial charge in [-0.1, -0.05) is 41.9 Å². The van der Waals surface area contributed by atoms with Gasteiger partial charge in [-0.25, -0.2) is 18.4 Å². The molecule has 2 aromatic heterocycles. The molecule has 0 saturated heterocycles. The number of pyridine rings is 1. The molecule has 0 aliphatic carbocycles. The minimum Gasteiger partial charge on any atom is -0.497 e. The lowest BCUT2D eigenvalue weighted by molar-refractivity contribution is 0.296. The minimum atomic E-state index is -3.70. The van der Waals surface area contributed by atoms with E-state index in [9.17, 15) is 8.42 Å². The first-order valence-corrected chi connectivity index (χ1v) is 15.6. The monoisotopic (exact) mass is 609 g/mol. The number of rotatable bonds is 10. The number of hydrogen-bond acceptors (Lipinski definition) is 10. The number of sulfone groups is 1. The SMILES string of the molecule is COc1ccc(CN(Cc2ccc(OC)cc2)c2ncccc2[C@@H](C)N2CCOc3c(Cl)nc(S(C)(=O)=O)nc32)cc1. The van der Waals surface area contributed by atoms with Crippen LogP contribution in [-0.4, -0.2) is 57.0 Å². The van der Waals surface area contributed by atoms with Gasteiger partial charge < -0.3 is 24.0 Å². The molecule has 0 radical (unpaired) electrons. The van der Waals surface area contributed by atoms with Crippen LogP contribution in [0.15, 0.2) is 72.0 Å². The van der Waals surface area contributed by atoms with Crippen molar-refractivity contribution in [1.82, 2.24) is 15.0 Å². The summed E-state index contributed by atoms with van der Waals surface area (Å²) in [6, 6.07) is 19.6. The maximum absolute atomic E-state index is 12.3. The van der Waals surface area contributed by atoms with Gasteiger partial charge >= 0.3 is 0 Å². The number of aromatic nitrogens is 3.